The maximum Gasteiger partial charge on any atom is 0.482 e. The molecule has 1 aromatic carbocycles. The first-order valence-corrected chi connectivity index (χ1v) is 15.9. The Kier molecular flexibility index (Phi) is 8.01. The zero-order valence-corrected chi connectivity index (χ0v) is 26.0. The molecule has 1 unspecified atom stereocenters. The van der Waals surface area contributed by atoms with Crippen molar-refractivity contribution >= 4 is 30.1 Å². The fourth-order valence-electron chi connectivity index (χ4n) is 8.26. The van der Waals surface area contributed by atoms with Gasteiger partial charge in [0.2, 0.25) is 5.91 Å². The smallest absolute Gasteiger partial charge is 0.464 e. The van der Waals surface area contributed by atoms with Gasteiger partial charge >= 0.3 is 13.2 Å². The van der Waals surface area contributed by atoms with Gasteiger partial charge in [-0.2, -0.15) is 5.26 Å². The largest absolute Gasteiger partial charge is 0.482 e. The molecule has 3 aliphatic carbocycles. The van der Waals surface area contributed by atoms with E-state index in [1.54, 1.807) is 11.2 Å². The minimum absolute atomic E-state index is 0.0207. The summed E-state index contributed by atoms with van der Waals surface area (Å²) in [4.78, 5) is 28.2. The van der Waals surface area contributed by atoms with Gasteiger partial charge in [0.25, 0.3) is 0 Å². The highest BCUT2D eigenvalue weighted by atomic mass is 16.7. The molecule has 0 radical (unpaired) electrons. The van der Waals surface area contributed by atoms with Gasteiger partial charge in [-0.1, -0.05) is 45.9 Å². The van der Waals surface area contributed by atoms with Crippen LogP contribution in [0.5, 0.6) is 0 Å². The van der Waals surface area contributed by atoms with Crippen LogP contribution in [-0.2, 0) is 25.3 Å². The van der Waals surface area contributed by atoms with Crippen LogP contribution >= 0.6 is 0 Å². The van der Waals surface area contributed by atoms with E-state index in [-0.39, 0.29) is 36.0 Å². The number of hydrogen-bond donors (Lipinski definition) is 1. The van der Waals surface area contributed by atoms with Gasteiger partial charge in [0, 0.05) is 11.9 Å². The van der Waals surface area contributed by atoms with E-state index in [1.807, 2.05) is 38.1 Å². The number of para-hydroxylation sites is 1. The summed E-state index contributed by atoms with van der Waals surface area (Å²) in [7, 11) is -0.636. The van der Waals surface area contributed by atoms with Crippen molar-refractivity contribution in [2.24, 2.45) is 29.1 Å². The van der Waals surface area contributed by atoms with E-state index in [2.05, 4.69) is 32.2 Å². The number of hydrogen-bond acceptors (Lipinski definition) is 7. The number of alkyl carbamates (subject to hydrolysis) is 1. The summed E-state index contributed by atoms with van der Waals surface area (Å²) in [5.74, 6) is -0.102. The van der Waals surface area contributed by atoms with Crippen LogP contribution in [0.1, 0.15) is 72.3 Å². The van der Waals surface area contributed by atoms with E-state index < -0.39 is 30.7 Å². The highest BCUT2D eigenvalue weighted by molar-refractivity contribution is 6.48. The molecule has 3 saturated carbocycles. The minimum atomic E-state index is -0.679. The number of carbonyl (C=O) groups is 2. The highest BCUT2D eigenvalue weighted by Crippen LogP contribution is 2.65. The van der Waals surface area contributed by atoms with Gasteiger partial charge in [-0.05, 0) is 80.2 Å². The van der Waals surface area contributed by atoms with Crippen molar-refractivity contribution < 1.29 is 28.1 Å². The Balaban J connectivity index is 1.15. The van der Waals surface area contributed by atoms with Crippen molar-refractivity contribution in [3.8, 4) is 6.07 Å². The lowest BCUT2D eigenvalue weighted by atomic mass is 9.43. The first kappa shape index (κ1) is 30.0. The van der Waals surface area contributed by atoms with Gasteiger partial charge in [0.1, 0.15) is 18.1 Å². The van der Waals surface area contributed by atoms with Gasteiger partial charge in [-0.25, -0.2) is 4.79 Å². The molecule has 5 aliphatic rings. The van der Waals surface area contributed by atoms with Crippen LogP contribution in [0.15, 0.2) is 34.9 Å². The zero-order valence-electron chi connectivity index (χ0n) is 26.0. The van der Waals surface area contributed by atoms with Gasteiger partial charge in [0.05, 0.1) is 36.0 Å². The van der Waals surface area contributed by atoms with Crippen molar-refractivity contribution in [2.45, 2.75) is 96.8 Å². The molecule has 7 rings (SSSR count). The Bertz CT molecular complexity index is 1400. The maximum atomic E-state index is 13.3. The fourth-order valence-corrected chi connectivity index (χ4v) is 8.26. The first-order chi connectivity index (χ1) is 20.5. The minimum Gasteiger partial charge on any atom is -0.464 e. The number of nitrogens with zero attached hydrogens (tertiary/aromatic N) is 2. The topological polar surface area (TPSA) is 114 Å². The van der Waals surface area contributed by atoms with Gasteiger partial charge in [-0.3, -0.25) is 4.79 Å². The lowest BCUT2D eigenvalue weighted by molar-refractivity contribution is -0.199. The first-order valence-electron chi connectivity index (χ1n) is 15.9. The number of amides is 2. The molecule has 10 heteroatoms. The molecule has 1 N–H and O–H groups in total. The van der Waals surface area contributed by atoms with Crippen molar-refractivity contribution in [1.29, 1.82) is 5.26 Å². The van der Waals surface area contributed by atoms with Crippen LogP contribution in [0.4, 0.5) is 4.79 Å². The van der Waals surface area contributed by atoms with Gasteiger partial charge in [0.15, 0.2) is 0 Å². The van der Waals surface area contributed by atoms with Gasteiger partial charge < -0.3 is 28.7 Å². The third kappa shape index (κ3) is 5.44. The molecule has 2 amide bonds. The normalized spacial score (nSPS) is 30.4. The fraction of sp³-hybridized carbons (Fsp3) is 0.667. The summed E-state index contributed by atoms with van der Waals surface area (Å²) >= 11 is 0. The Morgan fingerprint density at radius 1 is 1.23 bits per heavy atom. The molecule has 0 spiro atoms. The average molecular weight is 590 g/mol. The van der Waals surface area contributed by atoms with Crippen LogP contribution in [0, 0.1) is 40.4 Å². The molecular formula is C33H44BN3O6. The lowest BCUT2D eigenvalue weighted by Gasteiger charge is -2.64. The highest BCUT2D eigenvalue weighted by Gasteiger charge is 2.68. The molecule has 43 heavy (non-hydrogen) atoms. The predicted molar refractivity (Wildman–Crippen MR) is 162 cm³/mol. The Morgan fingerprint density at radius 3 is 2.77 bits per heavy atom. The summed E-state index contributed by atoms with van der Waals surface area (Å²) in [6, 6.07) is 9.77. The number of ether oxygens (including phenoxy) is 1. The quantitative estimate of drug-likeness (QED) is 0.384. The summed E-state index contributed by atoms with van der Waals surface area (Å²) in [5.41, 5.74) is 1.53. The van der Waals surface area contributed by atoms with Crippen LogP contribution in [0.2, 0.25) is 0 Å². The molecule has 2 bridgehead atoms. The number of rotatable bonds is 9. The molecule has 5 fully saturated rings. The van der Waals surface area contributed by atoms with Gasteiger partial charge in [-0.15, -0.1) is 0 Å². The lowest BCUT2D eigenvalue weighted by Crippen LogP contribution is -2.65. The van der Waals surface area contributed by atoms with Crippen molar-refractivity contribution in [3.63, 3.8) is 0 Å². The number of furan rings is 1. The summed E-state index contributed by atoms with van der Waals surface area (Å²) in [6.45, 7) is 11.5. The molecular weight excluding hydrogens is 545 g/mol. The standard InChI is InChI=1S/C33H44BN3O6/c1-20(2)13-21(17-35)30(38)37-12-8-9-24(37)19-41-31(39)36-29(14-22-18-40-26-11-7-6-10-25(22)26)34-42-28-16-23-15-27(32(23,3)4)33(28,5)43-34/h6-7,10-11,18,20-21,23-24,27-29H,8-9,12-16,19H2,1-5H3,(H,36,39)/t21?,23-,24+,27-,28+,29-,33-/m0/s1. The van der Waals surface area contributed by atoms with E-state index in [4.69, 9.17) is 18.5 Å². The maximum absolute atomic E-state index is 13.3. The Morgan fingerprint density at radius 2 is 2.02 bits per heavy atom. The van der Waals surface area contributed by atoms with Crippen LogP contribution in [0.3, 0.4) is 0 Å². The molecule has 2 aromatic rings. The van der Waals surface area contributed by atoms with E-state index in [1.165, 1.54) is 0 Å². The summed E-state index contributed by atoms with van der Waals surface area (Å²) in [6.07, 6.45) is 5.75. The van der Waals surface area contributed by atoms with Crippen LogP contribution in [0.25, 0.3) is 11.0 Å². The Hall–Kier alpha value is -3.03. The second-order valence-corrected chi connectivity index (χ2v) is 14.3. The van der Waals surface area contributed by atoms with Crippen LogP contribution < -0.4 is 5.32 Å². The predicted octanol–water partition coefficient (Wildman–Crippen LogP) is 5.51. The third-order valence-electron chi connectivity index (χ3n) is 10.8. The average Bonchev–Trinajstić information content (AvgIpc) is 3.70. The third-order valence-corrected chi connectivity index (χ3v) is 10.8. The number of likely N-dealkylation sites (tertiary alicyclic amines) is 1. The molecule has 7 atom stereocenters. The Labute approximate surface area is 254 Å². The van der Waals surface area contributed by atoms with Crippen molar-refractivity contribution in [3.05, 3.63) is 36.1 Å². The number of carbonyl (C=O) groups excluding carboxylic acids is 2. The molecule has 3 heterocycles. The molecule has 9 nitrogen and oxygen atoms in total. The van der Waals surface area contributed by atoms with E-state index in [0.29, 0.717) is 31.2 Å². The molecule has 2 aliphatic heterocycles. The summed E-state index contributed by atoms with van der Waals surface area (Å²) < 4.78 is 24.9. The van der Waals surface area contributed by atoms with E-state index in [0.717, 1.165) is 42.2 Å². The second kappa shape index (κ2) is 11.5. The second-order valence-electron chi connectivity index (χ2n) is 14.3. The van der Waals surface area contributed by atoms with Crippen molar-refractivity contribution in [2.75, 3.05) is 13.2 Å². The number of nitriles is 1. The molecule has 1 aromatic heterocycles. The number of nitrogens with one attached hydrogen (secondary N) is 1. The SMILES string of the molecule is CC(C)CC(C#N)C(=O)N1CCC[C@@H]1COC(=O)N[C@@H](Cc1coc2ccccc12)B1O[C@@H]2C[C@@H]3C[C@@H](C3(C)C)[C@]2(C)O1. The van der Waals surface area contributed by atoms with E-state index >= 15 is 0 Å². The monoisotopic (exact) mass is 589 g/mol. The summed E-state index contributed by atoms with van der Waals surface area (Å²) in [5, 5.41) is 13.6. The molecule has 2 saturated heterocycles. The molecule has 230 valence electrons. The number of fused-ring (bicyclic) bond motifs is 1. The van der Waals surface area contributed by atoms with Crippen LogP contribution in [-0.4, -0.2) is 60.9 Å². The zero-order chi connectivity index (χ0) is 30.5. The van der Waals surface area contributed by atoms with E-state index in [9.17, 15) is 14.9 Å². The van der Waals surface area contributed by atoms with Crippen molar-refractivity contribution in [1.82, 2.24) is 10.2 Å². The number of benzene rings is 1.